The molecule has 124 valence electrons. The number of benzene rings is 2. The van der Waals surface area contributed by atoms with Crippen molar-refractivity contribution in [2.45, 2.75) is 66.2 Å². The molecule has 0 aromatic heterocycles. The van der Waals surface area contributed by atoms with Gasteiger partial charge in [0.15, 0.2) is 0 Å². The predicted octanol–water partition coefficient (Wildman–Crippen LogP) is 6.27. The highest BCUT2D eigenvalue weighted by atomic mass is 16.3. The highest BCUT2D eigenvalue weighted by Crippen LogP contribution is 2.42. The van der Waals surface area contributed by atoms with E-state index in [4.69, 9.17) is 0 Å². The Kier molecular flexibility index (Phi) is 4.36. The lowest BCUT2D eigenvalue weighted by Crippen LogP contribution is -2.13. The van der Waals surface area contributed by atoms with Crippen LogP contribution in [0.1, 0.15) is 63.8 Å². The van der Waals surface area contributed by atoms with Crippen molar-refractivity contribution in [3.05, 3.63) is 52.6 Å². The first-order chi connectivity index (χ1) is 10.4. The van der Waals surface area contributed by atoms with E-state index in [-0.39, 0.29) is 10.8 Å². The van der Waals surface area contributed by atoms with Crippen LogP contribution >= 0.6 is 0 Å². The molecule has 0 aliphatic carbocycles. The van der Waals surface area contributed by atoms with Gasteiger partial charge >= 0.3 is 0 Å². The highest BCUT2D eigenvalue weighted by Gasteiger charge is 2.23. The van der Waals surface area contributed by atoms with E-state index in [9.17, 15) is 5.11 Å². The molecule has 2 aromatic rings. The Morgan fingerprint density at radius 3 is 1.83 bits per heavy atom. The van der Waals surface area contributed by atoms with Gasteiger partial charge in [0.05, 0.1) is 0 Å². The van der Waals surface area contributed by atoms with Gasteiger partial charge in [-0.3, -0.25) is 0 Å². The van der Waals surface area contributed by atoms with Gasteiger partial charge in [0.1, 0.15) is 5.75 Å². The minimum atomic E-state index is -0.0813. The number of rotatable bonds is 1. The molecular weight excluding hydrogens is 280 g/mol. The second-order valence-corrected chi connectivity index (χ2v) is 8.68. The molecule has 0 spiro atoms. The van der Waals surface area contributed by atoms with Crippen molar-refractivity contribution < 1.29 is 5.11 Å². The second kappa shape index (κ2) is 5.70. The molecule has 0 bridgehead atoms. The molecule has 2 aromatic carbocycles. The molecule has 2 rings (SSSR count). The normalized spacial score (nSPS) is 12.5. The van der Waals surface area contributed by atoms with Gasteiger partial charge in [0, 0.05) is 5.56 Å². The Labute approximate surface area is 141 Å². The summed E-state index contributed by atoms with van der Waals surface area (Å²) in [6.45, 7) is 17.3. The lowest BCUT2D eigenvalue weighted by molar-refractivity contribution is 0.448. The summed E-state index contributed by atoms with van der Waals surface area (Å²) in [6.07, 6.45) is 0. The third kappa shape index (κ3) is 3.44. The molecular formula is C22H30O. The predicted molar refractivity (Wildman–Crippen MR) is 100 cm³/mol. The van der Waals surface area contributed by atoms with Gasteiger partial charge in [0.25, 0.3) is 0 Å². The smallest absolute Gasteiger partial charge is 0.127 e. The lowest BCUT2D eigenvalue weighted by Gasteiger charge is -2.25. The first-order valence-electron chi connectivity index (χ1n) is 8.37. The van der Waals surface area contributed by atoms with Gasteiger partial charge in [-0.2, -0.15) is 0 Å². The van der Waals surface area contributed by atoms with E-state index in [1.54, 1.807) is 0 Å². The molecule has 23 heavy (non-hydrogen) atoms. The average molecular weight is 310 g/mol. The molecule has 0 saturated carbocycles. The number of aryl methyl sites for hydroxylation is 2. The second-order valence-electron chi connectivity index (χ2n) is 8.68. The fourth-order valence-electron chi connectivity index (χ4n) is 3.00. The van der Waals surface area contributed by atoms with Crippen LogP contribution in [0.2, 0.25) is 0 Å². The number of hydrogen-bond donors (Lipinski definition) is 1. The number of phenols is 1. The first kappa shape index (κ1) is 17.6. The van der Waals surface area contributed by atoms with Crippen LogP contribution in [0.4, 0.5) is 0 Å². The van der Waals surface area contributed by atoms with Crippen LogP contribution in [0.3, 0.4) is 0 Å². The van der Waals surface area contributed by atoms with Crippen molar-refractivity contribution in [2.24, 2.45) is 0 Å². The van der Waals surface area contributed by atoms with Crippen LogP contribution < -0.4 is 0 Å². The summed E-state index contributed by atoms with van der Waals surface area (Å²) in [4.78, 5) is 0. The lowest BCUT2D eigenvalue weighted by atomic mass is 9.80. The molecule has 1 heteroatoms. The molecule has 0 fully saturated rings. The Hall–Kier alpha value is -1.76. The summed E-state index contributed by atoms with van der Waals surface area (Å²) in [5.74, 6) is 0.423. The number of aromatic hydroxyl groups is 1. The zero-order valence-electron chi connectivity index (χ0n) is 15.8. The van der Waals surface area contributed by atoms with Gasteiger partial charge in [-0.05, 0) is 52.5 Å². The molecule has 0 radical (unpaired) electrons. The molecule has 0 atom stereocenters. The zero-order chi connectivity index (χ0) is 17.6. The van der Waals surface area contributed by atoms with Gasteiger partial charge in [-0.1, -0.05) is 71.9 Å². The number of hydrogen-bond acceptors (Lipinski definition) is 1. The standard InChI is InChI=1S/C22H30O/c1-14-9-11-16(21(3,4)5)13-17(14)19-15(2)10-12-18(20(19)23)22(6,7)8/h9-13,23H,1-8H3. The van der Waals surface area contributed by atoms with Crippen molar-refractivity contribution in [3.8, 4) is 16.9 Å². The fraction of sp³-hybridized carbons (Fsp3) is 0.455. The number of phenolic OH excluding ortho intramolecular Hbond substituents is 1. The summed E-state index contributed by atoms with van der Waals surface area (Å²) in [6, 6.07) is 10.8. The molecule has 0 amide bonds. The Balaban J connectivity index is 2.77. The average Bonchev–Trinajstić information content (AvgIpc) is 2.37. The molecule has 0 unspecified atom stereocenters. The van der Waals surface area contributed by atoms with Gasteiger partial charge in [-0.25, -0.2) is 0 Å². The monoisotopic (exact) mass is 310 g/mol. The molecule has 1 N–H and O–H groups in total. The summed E-state index contributed by atoms with van der Waals surface area (Å²) in [7, 11) is 0. The molecule has 0 aliphatic heterocycles. The molecule has 0 aliphatic rings. The third-order valence-corrected chi connectivity index (χ3v) is 4.57. The van der Waals surface area contributed by atoms with Crippen molar-refractivity contribution >= 4 is 0 Å². The van der Waals surface area contributed by atoms with E-state index in [0.29, 0.717) is 5.75 Å². The largest absolute Gasteiger partial charge is 0.507 e. The van der Waals surface area contributed by atoms with E-state index >= 15 is 0 Å². The van der Waals surface area contributed by atoms with Crippen LogP contribution in [0, 0.1) is 13.8 Å². The third-order valence-electron chi connectivity index (χ3n) is 4.57. The summed E-state index contributed by atoms with van der Waals surface area (Å²) in [5, 5.41) is 11.0. The van der Waals surface area contributed by atoms with Crippen LogP contribution in [0.15, 0.2) is 30.3 Å². The fourth-order valence-corrected chi connectivity index (χ4v) is 3.00. The van der Waals surface area contributed by atoms with Gasteiger partial charge in [-0.15, -0.1) is 0 Å². The minimum absolute atomic E-state index is 0.0813. The zero-order valence-corrected chi connectivity index (χ0v) is 15.8. The summed E-state index contributed by atoms with van der Waals surface area (Å²) >= 11 is 0. The summed E-state index contributed by atoms with van der Waals surface area (Å²) < 4.78 is 0. The van der Waals surface area contributed by atoms with Gasteiger partial charge in [0.2, 0.25) is 0 Å². The van der Waals surface area contributed by atoms with Crippen molar-refractivity contribution in [1.29, 1.82) is 0 Å². The SMILES string of the molecule is Cc1ccc(C(C)(C)C)cc1-c1c(C)ccc(C(C)(C)C)c1O. The Morgan fingerprint density at radius 1 is 0.739 bits per heavy atom. The van der Waals surface area contributed by atoms with Crippen LogP contribution in [-0.4, -0.2) is 5.11 Å². The first-order valence-corrected chi connectivity index (χ1v) is 8.37. The maximum absolute atomic E-state index is 11.0. The van der Waals surface area contributed by atoms with Crippen LogP contribution in [0.25, 0.3) is 11.1 Å². The Morgan fingerprint density at radius 2 is 1.30 bits per heavy atom. The van der Waals surface area contributed by atoms with Crippen LogP contribution in [-0.2, 0) is 10.8 Å². The van der Waals surface area contributed by atoms with E-state index in [2.05, 4.69) is 85.7 Å². The van der Waals surface area contributed by atoms with E-state index in [1.165, 1.54) is 11.1 Å². The van der Waals surface area contributed by atoms with E-state index < -0.39 is 0 Å². The van der Waals surface area contributed by atoms with E-state index in [1.807, 2.05) is 0 Å². The Bertz CT molecular complexity index is 725. The van der Waals surface area contributed by atoms with Crippen LogP contribution in [0.5, 0.6) is 5.75 Å². The van der Waals surface area contributed by atoms with Crippen molar-refractivity contribution in [2.75, 3.05) is 0 Å². The van der Waals surface area contributed by atoms with Crippen molar-refractivity contribution in [3.63, 3.8) is 0 Å². The maximum Gasteiger partial charge on any atom is 0.127 e. The van der Waals surface area contributed by atoms with Crippen molar-refractivity contribution in [1.82, 2.24) is 0 Å². The topological polar surface area (TPSA) is 20.2 Å². The minimum Gasteiger partial charge on any atom is -0.507 e. The molecule has 0 heterocycles. The maximum atomic E-state index is 11.0. The quantitative estimate of drug-likeness (QED) is 0.658. The molecule has 0 saturated heterocycles. The van der Waals surface area contributed by atoms with E-state index in [0.717, 1.165) is 22.3 Å². The highest BCUT2D eigenvalue weighted by molar-refractivity contribution is 5.78. The molecule has 1 nitrogen and oxygen atoms in total. The summed E-state index contributed by atoms with van der Waals surface area (Å²) in [5.41, 5.74) is 6.72. The van der Waals surface area contributed by atoms with Gasteiger partial charge < -0.3 is 5.11 Å².